The molecule has 1 aliphatic rings. The van der Waals surface area contributed by atoms with Crippen molar-refractivity contribution in [1.82, 2.24) is 15.2 Å². The molecule has 1 fully saturated rings. The minimum atomic E-state index is -0.450. The summed E-state index contributed by atoms with van der Waals surface area (Å²) in [5.41, 5.74) is 2.56. The number of nitrogens with one attached hydrogen (secondary N) is 1. The Morgan fingerprint density at radius 2 is 2.04 bits per heavy atom. The van der Waals surface area contributed by atoms with Gasteiger partial charge in [-0.15, -0.1) is 34.4 Å². The van der Waals surface area contributed by atoms with Crippen LogP contribution in [0, 0.1) is 6.92 Å². The quantitative estimate of drug-likeness (QED) is 0.666. The molecule has 4 rings (SSSR count). The van der Waals surface area contributed by atoms with E-state index < -0.39 is 6.04 Å². The minimum Gasteiger partial charge on any atom is -0.349 e. The first-order chi connectivity index (χ1) is 13.6. The number of thioether (sulfide) groups is 1. The molecule has 0 unspecified atom stereocenters. The third kappa shape index (κ3) is 4.14. The molecule has 1 N–H and O–H groups in total. The van der Waals surface area contributed by atoms with Gasteiger partial charge in [-0.25, -0.2) is 4.98 Å². The number of benzene rings is 1. The lowest BCUT2D eigenvalue weighted by molar-refractivity contribution is -0.124. The van der Waals surface area contributed by atoms with Crippen LogP contribution in [0.25, 0.3) is 9.88 Å². The SMILES string of the molecule is Cc1ccc(C(=O)N2CSC[C@@H]2C(=O)NCc2csc(-c3cccs3)n2)cc1. The minimum absolute atomic E-state index is 0.0983. The predicted molar refractivity (Wildman–Crippen MR) is 116 cm³/mol. The van der Waals surface area contributed by atoms with Gasteiger partial charge in [0.2, 0.25) is 5.91 Å². The second kappa shape index (κ2) is 8.46. The van der Waals surface area contributed by atoms with Gasteiger partial charge in [-0.05, 0) is 30.5 Å². The zero-order chi connectivity index (χ0) is 19.5. The summed E-state index contributed by atoms with van der Waals surface area (Å²) in [6, 6.07) is 11.1. The second-order valence-electron chi connectivity index (χ2n) is 6.50. The molecule has 8 heteroatoms. The summed E-state index contributed by atoms with van der Waals surface area (Å²) < 4.78 is 0. The van der Waals surface area contributed by atoms with Crippen LogP contribution in [0.1, 0.15) is 21.6 Å². The molecule has 0 bridgehead atoms. The molecule has 1 atom stereocenters. The van der Waals surface area contributed by atoms with Crippen LogP contribution in [-0.4, -0.2) is 39.4 Å². The molecule has 5 nitrogen and oxygen atoms in total. The zero-order valence-electron chi connectivity index (χ0n) is 15.3. The highest BCUT2D eigenvalue weighted by Gasteiger charge is 2.35. The van der Waals surface area contributed by atoms with Gasteiger partial charge in [0.1, 0.15) is 11.0 Å². The Morgan fingerprint density at radius 1 is 1.21 bits per heavy atom. The number of carbonyl (C=O) groups excluding carboxylic acids is 2. The van der Waals surface area contributed by atoms with Crippen molar-refractivity contribution in [3.63, 3.8) is 0 Å². The summed E-state index contributed by atoms with van der Waals surface area (Å²) in [6.07, 6.45) is 0. The molecule has 1 saturated heterocycles. The fourth-order valence-electron chi connectivity index (χ4n) is 2.92. The number of carbonyl (C=O) groups is 2. The van der Waals surface area contributed by atoms with Crippen molar-refractivity contribution in [2.45, 2.75) is 19.5 Å². The van der Waals surface area contributed by atoms with Gasteiger partial charge in [-0.1, -0.05) is 23.8 Å². The Bertz CT molecular complexity index is 967. The summed E-state index contributed by atoms with van der Waals surface area (Å²) in [5.74, 6) is 0.917. The Hall–Kier alpha value is -2.16. The molecule has 1 aliphatic heterocycles. The standard InChI is InChI=1S/C20H19N3O2S3/c1-13-4-6-14(7-5-13)20(25)23-12-26-11-16(23)18(24)21-9-15-10-28-19(22-15)17-3-2-8-27-17/h2-8,10,16H,9,11-12H2,1H3,(H,21,24)/t16-/m1/s1. The van der Waals surface area contributed by atoms with E-state index in [0.29, 0.717) is 23.7 Å². The molecule has 28 heavy (non-hydrogen) atoms. The fourth-order valence-corrected chi connectivity index (χ4v) is 5.71. The van der Waals surface area contributed by atoms with Crippen LogP contribution < -0.4 is 5.32 Å². The number of amides is 2. The molecule has 1 aromatic carbocycles. The van der Waals surface area contributed by atoms with E-state index in [4.69, 9.17) is 0 Å². The number of nitrogens with zero attached hydrogens (tertiary/aromatic N) is 2. The maximum atomic E-state index is 12.8. The predicted octanol–water partition coefficient (Wildman–Crippen LogP) is 4.01. The maximum Gasteiger partial charge on any atom is 0.255 e. The van der Waals surface area contributed by atoms with Gasteiger partial charge >= 0.3 is 0 Å². The van der Waals surface area contributed by atoms with Gasteiger partial charge in [0.05, 0.1) is 23.0 Å². The molecule has 0 radical (unpaired) electrons. The highest BCUT2D eigenvalue weighted by molar-refractivity contribution is 7.99. The van der Waals surface area contributed by atoms with Gasteiger partial charge in [0.15, 0.2) is 0 Å². The van der Waals surface area contributed by atoms with Crippen molar-refractivity contribution in [2.24, 2.45) is 0 Å². The lowest BCUT2D eigenvalue weighted by atomic mass is 10.1. The molecule has 0 aliphatic carbocycles. The first-order valence-corrected chi connectivity index (χ1v) is 11.7. The van der Waals surface area contributed by atoms with E-state index >= 15 is 0 Å². The first-order valence-electron chi connectivity index (χ1n) is 8.83. The van der Waals surface area contributed by atoms with Crippen LogP contribution in [0.3, 0.4) is 0 Å². The van der Waals surface area contributed by atoms with Gasteiger partial charge < -0.3 is 10.2 Å². The lowest BCUT2D eigenvalue weighted by Gasteiger charge is -2.23. The van der Waals surface area contributed by atoms with Crippen molar-refractivity contribution >= 4 is 46.2 Å². The van der Waals surface area contributed by atoms with E-state index in [2.05, 4.69) is 10.3 Å². The van der Waals surface area contributed by atoms with Gasteiger partial charge in [0.25, 0.3) is 5.91 Å². The van der Waals surface area contributed by atoms with Gasteiger partial charge in [0, 0.05) is 16.7 Å². The number of hydrogen-bond acceptors (Lipinski definition) is 6. The summed E-state index contributed by atoms with van der Waals surface area (Å²) in [7, 11) is 0. The Kier molecular flexibility index (Phi) is 5.79. The van der Waals surface area contributed by atoms with E-state index in [-0.39, 0.29) is 11.8 Å². The largest absolute Gasteiger partial charge is 0.349 e. The zero-order valence-corrected chi connectivity index (χ0v) is 17.7. The molecule has 0 saturated carbocycles. The van der Waals surface area contributed by atoms with Crippen LogP contribution in [0.2, 0.25) is 0 Å². The number of thiophene rings is 1. The fraction of sp³-hybridized carbons (Fsp3) is 0.250. The van der Waals surface area contributed by atoms with Crippen LogP contribution in [0.15, 0.2) is 47.2 Å². The van der Waals surface area contributed by atoms with E-state index in [1.165, 1.54) is 0 Å². The molecule has 2 aromatic heterocycles. The highest BCUT2D eigenvalue weighted by atomic mass is 32.2. The van der Waals surface area contributed by atoms with E-state index in [1.807, 2.05) is 54.1 Å². The van der Waals surface area contributed by atoms with Gasteiger partial charge in [-0.2, -0.15) is 0 Å². The van der Waals surface area contributed by atoms with E-state index in [9.17, 15) is 9.59 Å². The molecule has 144 valence electrons. The van der Waals surface area contributed by atoms with Crippen LogP contribution >= 0.6 is 34.4 Å². The van der Waals surface area contributed by atoms with E-state index in [1.54, 1.807) is 39.3 Å². The maximum absolute atomic E-state index is 12.8. The summed E-state index contributed by atoms with van der Waals surface area (Å²) in [6.45, 7) is 2.35. The third-order valence-corrected chi connectivity index (χ3v) is 7.41. The molecule has 3 aromatic rings. The third-order valence-electron chi connectivity index (χ3n) is 4.47. The molecule has 0 spiro atoms. The summed E-state index contributed by atoms with van der Waals surface area (Å²) in [5, 5.41) is 7.90. The van der Waals surface area contributed by atoms with Crippen molar-refractivity contribution < 1.29 is 9.59 Å². The monoisotopic (exact) mass is 429 g/mol. The number of aromatic nitrogens is 1. The van der Waals surface area contributed by atoms with Crippen molar-refractivity contribution in [1.29, 1.82) is 0 Å². The van der Waals surface area contributed by atoms with E-state index in [0.717, 1.165) is 21.1 Å². The topological polar surface area (TPSA) is 62.3 Å². The smallest absolute Gasteiger partial charge is 0.255 e. The Balaban J connectivity index is 1.38. The average molecular weight is 430 g/mol. The molecular formula is C20H19N3O2S3. The average Bonchev–Trinajstić information content (AvgIpc) is 3.47. The highest BCUT2D eigenvalue weighted by Crippen LogP contribution is 2.28. The molecule has 3 heterocycles. The lowest BCUT2D eigenvalue weighted by Crippen LogP contribution is -2.47. The normalized spacial score (nSPS) is 16.3. The second-order valence-corrected chi connectivity index (χ2v) is 9.30. The Labute approximate surface area is 175 Å². The number of thiazole rings is 1. The number of aryl methyl sites for hydroxylation is 1. The van der Waals surface area contributed by atoms with Crippen LogP contribution in [0.4, 0.5) is 0 Å². The van der Waals surface area contributed by atoms with Crippen LogP contribution in [-0.2, 0) is 11.3 Å². The van der Waals surface area contributed by atoms with Gasteiger partial charge in [-0.3, -0.25) is 9.59 Å². The molecule has 2 amide bonds. The molecular weight excluding hydrogens is 410 g/mol. The Morgan fingerprint density at radius 3 is 2.79 bits per heavy atom. The number of rotatable bonds is 5. The number of hydrogen-bond donors (Lipinski definition) is 1. The summed E-state index contributed by atoms with van der Waals surface area (Å²) >= 11 is 4.83. The first kappa shape index (κ1) is 19.2. The van der Waals surface area contributed by atoms with Crippen molar-refractivity contribution in [3.8, 4) is 9.88 Å². The summed E-state index contributed by atoms with van der Waals surface area (Å²) in [4.78, 5) is 32.9. The van der Waals surface area contributed by atoms with Crippen molar-refractivity contribution in [2.75, 3.05) is 11.6 Å². The van der Waals surface area contributed by atoms with Crippen molar-refractivity contribution in [3.05, 3.63) is 64.0 Å². The van der Waals surface area contributed by atoms with Crippen LogP contribution in [0.5, 0.6) is 0 Å².